The molecule has 2 heterocycles. The molecule has 94 valence electrons. The van der Waals surface area contributed by atoms with Crippen molar-refractivity contribution in [1.82, 2.24) is 4.98 Å². The van der Waals surface area contributed by atoms with E-state index in [1.807, 2.05) is 25.1 Å². The molecule has 0 saturated carbocycles. The summed E-state index contributed by atoms with van der Waals surface area (Å²) < 4.78 is 5.91. The van der Waals surface area contributed by atoms with Gasteiger partial charge < -0.3 is 9.73 Å². The van der Waals surface area contributed by atoms with E-state index in [0.717, 1.165) is 35.2 Å². The van der Waals surface area contributed by atoms with Crippen LogP contribution in [0.5, 0.6) is 0 Å². The van der Waals surface area contributed by atoms with Crippen LogP contribution in [0.15, 0.2) is 40.8 Å². The Labute approximate surface area is 111 Å². The maximum atomic E-state index is 5.91. The van der Waals surface area contributed by atoms with Gasteiger partial charge in [-0.3, -0.25) is 0 Å². The van der Waals surface area contributed by atoms with Crippen LogP contribution in [0.1, 0.15) is 11.1 Å². The minimum atomic E-state index is 0.695. The number of rotatable bonds is 1. The third-order valence-corrected chi connectivity index (χ3v) is 3.68. The number of aryl methyl sites for hydroxylation is 1. The van der Waals surface area contributed by atoms with Crippen LogP contribution in [-0.4, -0.2) is 11.5 Å². The van der Waals surface area contributed by atoms with Gasteiger partial charge in [0.25, 0.3) is 0 Å². The molecule has 0 saturated heterocycles. The van der Waals surface area contributed by atoms with Gasteiger partial charge in [-0.25, -0.2) is 4.98 Å². The van der Waals surface area contributed by atoms with Gasteiger partial charge in [0.05, 0.1) is 0 Å². The number of hydrogen-bond donors (Lipinski definition) is 1. The van der Waals surface area contributed by atoms with Crippen molar-refractivity contribution in [3.05, 3.63) is 47.5 Å². The second-order valence-electron chi connectivity index (χ2n) is 4.99. The van der Waals surface area contributed by atoms with Crippen molar-refractivity contribution >= 4 is 16.8 Å². The molecule has 1 aliphatic rings. The maximum Gasteiger partial charge on any atom is 0.227 e. The van der Waals surface area contributed by atoms with Crippen LogP contribution in [0.4, 0.5) is 5.69 Å². The van der Waals surface area contributed by atoms with E-state index >= 15 is 0 Å². The largest absolute Gasteiger partial charge is 0.436 e. The van der Waals surface area contributed by atoms with Crippen LogP contribution in [0.3, 0.4) is 0 Å². The van der Waals surface area contributed by atoms with Crippen molar-refractivity contribution in [2.24, 2.45) is 0 Å². The number of aromatic nitrogens is 1. The molecule has 1 aliphatic heterocycles. The number of fused-ring (bicyclic) bond motifs is 2. The first-order valence-electron chi connectivity index (χ1n) is 6.54. The molecule has 0 spiro atoms. The van der Waals surface area contributed by atoms with E-state index in [0.29, 0.717) is 5.89 Å². The van der Waals surface area contributed by atoms with Crippen molar-refractivity contribution in [3.8, 4) is 11.5 Å². The van der Waals surface area contributed by atoms with Crippen LogP contribution < -0.4 is 5.32 Å². The lowest BCUT2D eigenvalue weighted by atomic mass is 10.1. The summed E-state index contributed by atoms with van der Waals surface area (Å²) in [7, 11) is 0. The van der Waals surface area contributed by atoms with Crippen molar-refractivity contribution in [1.29, 1.82) is 0 Å². The molecule has 19 heavy (non-hydrogen) atoms. The van der Waals surface area contributed by atoms with Gasteiger partial charge in [0.15, 0.2) is 5.58 Å². The van der Waals surface area contributed by atoms with Gasteiger partial charge in [-0.1, -0.05) is 18.2 Å². The number of hydrogen-bond acceptors (Lipinski definition) is 3. The normalized spacial score (nSPS) is 13.5. The molecule has 0 unspecified atom stereocenters. The zero-order valence-corrected chi connectivity index (χ0v) is 10.7. The van der Waals surface area contributed by atoms with Gasteiger partial charge in [0.2, 0.25) is 5.89 Å². The first-order valence-corrected chi connectivity index (χ1v) is 6.54. The van der Waals surface area contributed by atoms with E-state index in [1.165, 1.54) is 11.3 Å². The second-order valence-corrected chi connectivity index (χ2v) is 4.99. The van der Waals surface area contributed by atoms with Crippen LogP contribution in [0.25, 0.3) is 22.6 Å². The molecule has 3 aromatic rings. The Morgan fingerprint density at radius 1 is 1.21 bits per heavy atom. The van der Waals surface area contributed by atoms with Crippen LogP contribution in [-0.2, 0) is 6.42 Å². The number of nitrogens with zero attached hydrogens (tertiary/aromatic N) is 1. The number of benzene rings is 2. The minimum Gasteiger partial charge on any atom is -0.436 e. The highest BCUT2D eigenvalue weighted by Crippen LogP contribution is 2.31. The van der Waals surface area contributed by atoms with E-state index in [1.54, 1.807) is 0 Å². The zero-order chi connectivity index (χ0) is 12.8. The lowest BCUT2D eigenvalue weighted by Gasteiger charge is -2.01. The highest BCUT2D eigenvalue weighted by Gasteiger charge is 2.14. The van der Waals surface area contributed by atoms with E-state index in [-0.39, 0.29) is 0 Å². The Hall–Kier alpha value is -2.29. The quantitative estimate of drug-likeness (QED) is 0.714. The summed E-state index contributed by atoms with van der Waals surface area (Å²) in [6.07, 6.45) is 1.10. The van der Waals surface area contributed by atoms with Gasteiger partial charge in [-0.05, 0) is 42.7 Å². The topological polar surface area (TPSA) is 38.1 Å². The smallest absolute Gasteiger partial charge is 0.227 e. The van der Waals surface area contributed by atoms with Gasteiger partial charge in [-0.15, -0.1) is 0 Å². The Morgan fingerprint density at radius 2 is 2.16 bits per heavy atom. The second kappa shape index (κ2) is 3.85. The molecule has 2 aromatic carbocycles. The molecule has 0 radical (unpaired) electrons. The molecule has 1 aromatic heterocycles. The SMILES string of the molecule is Cc1cccc2nc(-c3ccc4c(c3)NCC4)oc12. The Bertz CT molecular complexity index is 774. The van der Waals surface area contributed by atoms with Gasteiger partial charge >= 0.3 is 0 Å². The highest BCUT2D eigenvalue weighted by molar-refractivity contribution is 5.79. The standard InChI is InChI=1S/C16H14N2O/c1-10-3-2-4-13-15(10)19-16(18-13)12-6-5-11-7-8-17-14(11)9-12/h2-6,9,17H,7-8H2,1H3. The molecular formula is C16H14N2O. The summed E-state index contributed by atoms with van der Waals surface area (Å²) in [5.41, 5.74) is 6.53. The summed E-state index contributed by atoms with van der Waals surface area (Å²) >= 11 is 0. The summed E-state index contributed by atoms with van der Waals surface area (Å²) in [5.74, 6) is 0.695. The fourth-order valence-electron chi connectivity index (χ4n) is 2.63. The molecule has 0 amide bonds. The zero-order valence-electron chi connectivity index (χ0n) is 10.7. The first-order chi connectivity index (χ1) is 9.31. The van der Waals surface area contributed by atoms with E-state index in [2.05, 4.69) is 28.5 Å². The van der Waals surface area contributed by atoms with E-state index < -0.39 is 0 Å². The molecular weight excluding hydrogens is 236 g/mol. The molecule has 4 rings (SSSR count). The monoisotopic (exact) mass is 250 g/mol. The summed E-state index contributed by atoms with van der Waals surface area (Å²) in [6, 6.07) is 12.4. The molecule has 0 aliphatic carbocycles. The van der Waals surface area contributed by atoms with Crippen molar-refractivity contribution in [2.45, 2.75) is 13.3 Å². The summed E-state index contributed by atoms with van der Waals surface area (Å²) in [4.78, 5) is 4.57. The molecule has 1 N–H and O–H groups in total. The summed E-state index contributed by atoms with van der Waals surface area (Å²) in [6.45, 7) is 3.06. The first kappa shape index (κ1) is 10.6. The third-order valence-electron chi connectivity index (χ3n) is 3.68. The molecule has 0 bridgehead atoms. The average molecular weight is 250 g/mol. The van der Waals surface area contributed by atoms with E-state index in [4.69, 9.17) is 4.42 Å². The van der Waals surface area contributed by atoms with Gasteiger partial charge in [0.1, 0.15) is 5.52 Å². The number of para-hydroxylation sites is 1. The Balaban J connectivity index is 1.88. The fraction of sp³-hybridized carbons (Fsp3) is 0.188. The predicted molar refractivity (Wildman–Crippen MR) is 76.4 cm³/mol. The predicted octanol–water partition coefficient (Wildman–Crippen LogP) is 3.77. The van der Waals surface area contributed by atoms with Crippen LogP contribution in [0.2, 0.25) is 0 Å². The number of nitrogens with one attached hydrogen (secondary N) is 1. The average Bonchev–Trinajstić information content (AvgIpc) is 3.04. The van der Waals surface area contributed by atoms with Gasteiger partial charge in [0, 0.05) is 17.8 Å². The van der Waals surface area contributed by atoms with Gasteiger partial charge in [-0.2, -0.15) is 0 Å². The third kappa shape index (κ3) is 1.62. The lowest BCUT2D eigenvalue weighted by Crippen LogP contribution is -1.91. The van der Waals surface area contributed by atoms with Crippen LogP contribution in [0, 0.1) is 6.92 Å². The fourth-order valence-corrected chi connectivity index (χ4v) is 2.63. The Morgan fingerprint density at radius 3 is 3.05 bits per heavy atom. The van der Waals surface area contributed by atoms with Crippen molar-refractivity contribution in [3.63, 3.8) is 0 Å². The van der Waals surface area contributed by atoms with Crippen LogP contribution >= 0.6 is 0 Å². The van der Waals surface area contributed by atoms with Crippen molar-refractivity contribution < 1.29 is 4.42 Å². The number of anilines is 1. The molecule has 3 heteroatoms. The molecule has 0 atom stereocenters. The molecule has 0 fully saturated rings. The molecule has 3 nitrogen and oxygen atoms in total. The minimum absolute atomic E-state index is 0.695. The van der Waals surface area contributed by atoms with E-state index in [9.17, 15) is 0 Å². The maximum absolute atomic E-state index is 5.91. The highest BCUT2D eigenvalue weighted by atomic mass is 16.3. The van der Waals surface area contributed by atoms with Crippen molar-refractivity contribution in [2.75, 3.05) is 11.9 Å². The lowest BCUT2D eigenvalue weighted by molar-refractivity contribution is 0.617. The summed E-state index contributed by atoms with van der Waals surface area (Å²) in [5, 5.41) is 3.39. The Kier molecular flexibility index (Phi) is 2.15. The number of oxazole rings is 1.